The third-order valence-electron chi connectivity index (χ3n) is 2.72. The number of carbonyl (C=O) groups excluding carboxylic acids is 1. The first-order chi connectivity index (χ1) is 10.1. The molecule has 2 amide bonds. The van der Waals surface area contributed by atoms with Crippen LogP contribution in [0.4, 0.5) is 21.9 Å². The molecule has 0 aliphatic carbocycles. The predicted molar refractivity (Wildman–Crippen MR) is 81.2 cm³/mol. The number of methoxy groups -OCH3 is 1. The maximum atomic E-state index is 12.0. The van der Waals surface area contributed by atoms with E-state index in [-0.39, 0.29) is 0 Å². The van der Waals surface area contributed by atoms with Crippen LogP contribution in [-0.2, 0) is 0 Å². The Labute approximate surface area is 122 Å². The summed E-state index contributed by atoms with van der Waals surface area (Å²) < 4.78 is 5.15. The van der Waals surface area contributed by atoms with Gasteiger partial charge in [-0.1, -0.05) is 6.07 Å². The number of hydrogen-bond donors (Lipinski definition) is 3. The highest BCUT2D eigenvalue weighted by atomic mass is 16.5. The zero-order chi connectivity index (χ0) is 15.2. The topological polar surface area (TPSA) is 100 Å². The fourth-order valence-corrected chi connectivity index (χ4v) is 1.77. The first-order valence-corrected chi connectivity index (χ1v) is 6.14. The number of carbonyl (C=O) groups is 1. The van der Waals surface area contributed by atoms with Crippen LogP contribution < -0.4 is 21.1 Å². The molecule has 21 heavy (non-hydrogen) atoms. The van der Waals surface area contributed by atoms with Crippen molar-refractivity contribution in [1.82, 2.24) is 0 Å². The van der Waals surface area contributed by atoms with E-state index < -0.39 is 6.03 Å². The van der Waals surface area contributed by atoms with Crippen molar-refractivity contribution in [3.8, 4) is 11.8 Å². The van der Waals surface area contributed by atoms with Crippen molar-refractivity contribution in [3.63, 3.8) is 0 Å². The van der Waals surface area contributed by atoms with Crippen molar-refractivity contribution in [1.29, 1.82) is 5.26 Å². The van der Waals surface area contributed by atoms with E-state index in [0.717, 1.165) is 0 Å². The Morgan fingerprint density at radius 3 is 2.76 bits per heavy atom. The van der Waals surface area contributed by atoms with Crippen molar-refractivity contribution >= 4 is 23.1 Å². The van der Waals surface area contributed by atoms with E-state index in [1.807, 2.05) is 6.07 Å². The van der Waals surface area contributed by atoms with Crippen LogP contribution in [0, 0.1) is 11.3 Å². The third-order valence-corrected chi connectivity index (χ3v) is 2.72. The number of benzene rings is 2. The molecule has 0 unspecified atom stereocenters. The van der Waals surface area contributed by atoms with E-state index in [4.69, 9.17) is 15.7 Å². The average molecular weight is 282 g/mol. The summed E-state index contributed by atoms with van der Waals surface area (Å²) in [5.41, 5.74) is 7.65. The Hall–Kier alpha value is -3.20. The molecule has 2 aromatic rings. The van der Waals surface area contributed by atoms with Gasteiger partial charge in [-0.15, -0.1) is 0 Å². The number of rotatable bonds is 3. The molecule has 0 saturated heterocycles. The second-order valence-electron chi connectivity index (χ2n) is 4.23. The molecule has 0 radical (unpaired) electrons. The summed E-state index contributed by atoms with van der Waals surface area (Å²) in [6.07, 6.45) is 0. The monoisotopic (exact) mass is 282 g/mol. The quantitative estimate of drug-likeness (QED) is 0.753. The number of urea groups is 1. The van der Waals surface area contributed by atoms with Gasteiger partial charge in [0.2, 0.25) is 0 Å². The van der Waals surface area contributed by atoms with Crippen molar-refractivity contribution < 1.29 is 9.53 Å². The summed E-state index contributed by atoms with van der Waals surface area (Å²) in [4.78, 5) is 12.0. The van der Waals surface area contributed by atoms with Crippen LogP contribution in [-0.4, -0.2) is 13.1 Å². The lowest BCUT2D eigenvalue weighted by atomic mass is 10.2. The highest BCUT2D eigenvalue weighted by Crippen LogP contribution is 2.26. The van der Waals surface area contributed by atoms with Crippen LogP contribution in [0.5, 0.6) is 5.75 Å². The van der Waals surface area contributed by atoms with Crippen LogP contribution in [0.15, 0.2) is 42.5 Å². The molecule has 0 atom stereocenters. The van der Waals surface area contributed by atoms with Gasteiger partial charge >= 0.3 is 6.03 Å². The lowest BCUT2D eigenvalue weighted by Crippen LogP contribution is -2.20. The number of nitrogen functional groups attached to an aromatic ring is 1. The first-order valence-electron chi connectivity index (χ1n) is 6.14. The summed E-state index contributed by atoms with van der Waals surface area (Å²) in [5.74, 6) is 0.505. The van der Waals surface area contributed by atoms with E-state index in [9.17, 15) is 4.79 Å². The number of nitriles is 1. The highest BCUT2D eigenvalue weighted by molar-refractivity contribution is 6.01. The Kier molecular flexibility index (Phi) is 4.26. The van der Waals surface area contributed by atoms with Crippen molar-refractivity contribution in [2.45, 2.75) is 0 Å². The molecule has 4 N–H and O–H groups in total. The lowest BCUT2D eigenvalue weighted by Gasteiger charge is -2.12. The standard InChI is InChI=1S/C15H14N4O2/c1-21-14-6-5-11(17)8-13(14)19-15(20)18-12-4-2-3-10(7-12)9-16/h2-8H,17H2,1H3,(H2,18,19,20). The van der Waals surface area contributed by atoms with Gasteiger partial charge in [0.1, 0.15) is 5.75 Å². The molecule has 2 rings (SSSR count). The van der Waals surface area contributed by atoms with Gasteiger partial charge < -0.3 is 21.1 Å². The SMILES string of the molecule is COc1ccc(N)cc1NC(=O)Nc1cccc(C#N)c1. The minimum atomic E-state index is -0.450. The zero-order valence-electron chi connectivity index (χ0n) is 11.4. The Morgan fingerprint density at radius 2 is 2.05 bits per heavy atom. The number of ether oxygens (including phenoxy) is 1. The number of amides is 2. The second kappa shape index (κ2) is 6.30. The number of anilines is 3. The van der Waals surface area contributed by atoms with Crippen molar-refractivity contribution in [2.75, 3.05) is 23.5 Å². The molecule has 6 nitrogen and oxygen atoms in total. The normalized spacial score (nSPS) is 9.52. The number of nitrogens with two attached hydrogens (primary N) is 1. The van der Waals surface area contributed by atoms with Crippen LogP contribution in [0.1, 0.15) is 5.56 Å². The summed E-state index contributed by atoms with van der Waals surface area (Å²) >= 11 is 0. The molecule has 0 saturated carbocycles. The number of nitrogens with one attached hydrogen (secondary N) is 2. The van der Waals surface area contributed by atoms with Gasteiger partial charge in [-0.05, 0) is 36.4 Å². The predicted octanol–water partition coefficient (Wildman–Crippen LogP) is 2.79. The molecule has 0 aliphatic rings. The van der Waals surface area contributed by atoms with E-state index >= 15 is 0 Å². The highest BCUT2D eigenvalue weighted by Gasteiger charge is 2.08. The lowest BCUT2D eigenvalue weighted by molar-refractivity contribution is 0.262. The zero-order valence-corrected chi connectivity index (χ0v) is 11.4. The summed E-state index contributed by atoms with van der Waals surface area (Å²) in [5, 5.41) is 14.1. The van der Waals surface area contributed by atoms with Crippen LogP contribution in [0.3, 0.4) is 0 Å². The van der Waals surface area contributed by atoms with Crippen LogP contribution in [0.2, 0.25) is 0 Å². The molecule has 0 fully saturated rings. The van der Waals surface area contributed by atoms with Gasteiger partial charge in [-0.3, -0.25) is 0 Å². The van der Waals surface area contributed by atoms with Gasteiger partial charge in [-0.2, -0.15) is 5.26 Å². The van der Waals surface area contributed by atoms with Gasteiger partial charge in [-0.25, -0.2) is 4.79 Å². The van der Waals surface area contributed by atoms with Crippen LogP contribution >= 0.6 is 0 Å². The summed E-state index contributed by atoms with van der Waals surface area (Å²) in [6.45, 7) is 0. The maximum absolute atomic E-state index is 12.0. The molecule has 106 valence electrons. The second-order valence-corrected chi connectivity index (χ2v) is 4.23. The fraction of sp³-hybridized carbons (Fsp3) is 0.0667. The van der Waals surface area contributed by atoms with Gasteiger partial charge in [0.25, 0.3) is 0 Å². The van der Waals surface area contributed by atoms with E-state index in [2.05, 4.69) is 10.6 Å². The van der Waals surface area contributed by atoms with Gasteiger partial charge in [0.15, 0.2) is 0 Å². The maximum Gasteiger partial charge on any atom is 0.323 e. The molecule has 0 aromatic heterocycles. The Morgan fingerprint density at radius 1 is 1.24 bits per heavy atom. The molecule has 0 spiro atoms. The van der Waals surface area contributed by atoms with Gasteiger partial charge in [0.05, 0.1) is 24.4 Å². The average Bonchev–Trinajstić information content (AvgIpc) is 2.47. The fourth-order valence-electron chi connectivity index (χ4n) is 1.77. The number of hydrogen-bond acceptors (Lipinski definition) is 4. The third kappa shape index (κ3) is 3.64. The molecule has 6 heteroatoms. The Bertz CT molecular complexity index is 707. The van der Waals surface area contributed by atoms with E-state index in [1.165, 1.54) is 7.11 Å². The Balaban J connectivity index is 2.11. The molecular weight excluding hydrogens is 268 g/mol. The molecule has 2 aromatic carbocycles. The van der Waals surface area contributed by atoms with Gasteiger partial charge in [0, 0.05) is 11.4 Å². The van der Waals surface area contributed by atoms with E-state index in [1.54, 1.807) is 42.5 Å². The minimum absolute atomic E-state index is 0.450. The summed E-state index contributed by atoms with van der Waals surface area (Å²) in [6, 6.07) is 13.1. The van der Waals surface area contributed by atoms with E-state index in [0.29, 0.717) is 28.4 Å². The molecule has 0 heterocycles. The van der Waals surface area contributed by atoms with Crippen molar-refractivity contribution in [3.05, 3.63) is 48.0 Å². The molecule has 0 aliphatic heterocycles. The molecule has 0 bridgehead atoms. The smallest absolute Gasteiger partial charge is 0.323 e. The van der Waals surface area contributed by atoms with Crippen molar-refractivity contribution in [2.24, 2.45) is 0 Å². The summed E-state index contributed by atoms with van der Waals surface area (Å²) in [7, 11) is 1.50. The largest absolute Gasteiger partial charge is 0.495 e. The molecular formula is C15H14N4O2. The number of nitrogens with zero attached hydrogens (tertiary/aromatic N) is 1. The van der Waals surface area contributed by atoms with Crippen LogP contribution in [0.25, 0.3) is 0 Å². The minimum Gasteiger partial charge on any atom is -0.495 e. The first kappa shape index (κ1) is 14.2.